The SMILES string of the molecule is COc1cc(/C=C/c2nc3n(n2)CCC[C@@H]3[C@@H]2CCCC(C)(C)O2)ccc1-n1cnc(C)c1. The largest absolute Gasteiger partial charge is 0.495 e. The Kier molecular flexibility index (Phi) is 5.83. The highest BCUT2D eigenvalue weighted by atomic mass is 16.5. The lowest BCUT2D eigenvalue weighted by atomic mass is 9.85. The van der Waals surface area contributed by atoms with Crippen molar-refractivity contribution in [3.63, 3.8) is 0 Å². The quantitative estimate of drug-likeness (QED) is 0.539. The Balaban J connectivity index is 1.36. The highest BCUT2D eigenvalue weighted by Gasteiger charge is 2.37. The van der Waals surface area contributed by atoms with E-state index in [4.69, 9.17) is 19.6 Å². The number of aryl methyl sites for hydroxylation is 2. The molecule has 1 fully saturated rings. The number of hydrogen-bond donors (Lipinski definition) is 0. The van der Waals surface area contributed by atoms with Gasteiger partial charge in [-0.25, -0.2) is 14.6 Å². The van der Waals surface area contributed by atoms with Gasteiger partial charge >= 0.3 is 0 Å². The molecule has 7 heteroatoms. The molecule has 7 nitrogen and oxygen atoms in total. The molecule has 2 aliphatic rings. The van der Waals surface area contributed by atoms with Gasteiger partial charge in [0.1, 0.15) is 11.6 Å². The van der Waals surface area contributed by atoms with Gasteiger partial charge in [0, 0.05) is 18.7 Å². The van der Waals surface area contributed by atoms with Gasteiger partial charge in [0.25, 0.3) is 0 Å². The van der Waals surface area contributed by atoms with Gasteiger partial charge in [-0.2, -0.15) is 5.10 Å². The number of nitrogens with zero attached hydrogens (tertiary/aromatic N) is 5. The van der Waals surface area contributed by atoms with Gasteiger partial charge in [0.2, 0.25) is 0 Å². The van der Waals surface area contributed by atoms with E-state index in [2.05, 4.69) is 29.6 Å². The molecule has 1 saturated heterocycles. The predicted molar refractivity (Wildman–Crippen MR) is 129 cm³/mol. The molecule has 3 aromatic rings. The van der Waals surface area contributed by atoms with E-state index in [0.29, 0.717) is 5.92 Å². The zero-order valence-electron chi connectivity index (χ0n) is 20.0. The Bertz CT molecular complexity index is 1160. The summed E-state index contributed by atoms with van der Waals surface area (Å²) in [5.41, 5.74) is 2.92. The molecule has 2 atom stereocenters. The maximum absolute atomic E-state index is 6.46. The lowest BCUT2D eigenvalue weighted by molar-refractivity contribution is -0.119. The van der Waals surface area contributed by atoms with E-state index in [1.807, 2.05) is 42.0 Å². The molecule has 1 aromatic carbocycles. The van der Waals surface area contributed by atoms with Crippen LogP contribution in [0.25, 0.3) is 17.8 Å². The zero-order chi connectivity index (χ0) is 23.0. The third-order valence-corrected chi connectivity index (χ3v) is 6.74. The second-order valence-corrected chi connectivity index (χ2v) is 9.80. The third-order valence-electron chi connectivity index (χ3n) is 6.74. The van der Waals surface area contributed by atoms with Crippen LogP contribution >= 0.6 is 0 Å². The van der Waals surface area contributed by atoms with Crippen molar-refractivity contribution in [2.24, 2.45) is 0 Å². The first-order valence-electron chi connectivity index (χ1n) is 11.9. The number of imidazole rings is 1. The van der Waals surface area contributed by atoms with Crippen LogP contribution in [0.1, 0.15) is 74.8 Å². The summed E-state index contributed by atoms with van der Waals surface area (Å²) in [4.78, 5) is 9.23. The molecular formula is C26H33N5O2. The van der Waals surface area contributed by atoms with E-state index in [0.717, 1.165) is 66.6 Å². The maximum atomic E-state index is 6.46. The molecule has 0 amide bonds. The van der Waals surface area contributed by atoms with Crippen LogP contribution in [0.2, 0.25) is 0 Å². The fraction of sp³-hybridized carbons (Fsp3) is 0.500. The first-order valence-corrected chi connectivity index (χ1v) is 11.9. The van der Waals surface area contributed by atoms with Crippen LogP contribution in [-0.2, 0) is 11.3 Å². The van der Waals surface area contributed by atoms with E-state index in [9.17, 15) is 0 Å². The number of fused-ring (bicyclic) bond motifs is 1. The van der Waals surface area contributed by atoms with E-state index in [1.165, 1.54) is 6.42 Å². The van der Waals surface area contributed by atoms with Gasteiger partial charge < -0.3 is 14.0 Å². The summed E-state index contributed by atoms with van der Waals surface area (Å²) in [5.74, 6) is 2.95. The minimum atomic E-state index is -0.0470. The van der Waals surface area contributed by atoms with Gasteiger partial charge in [-0.15, -0.1) is 0 Å². The van der Waals surface area contributed by atoms with Crippen molar-refractivity contribution in [1.82, 2.24) is 24.3 Å². The average Bonchev–Trinajstić information content (AvgIpc) is 3.42. The monoisotopic (exact) mass is 447 g/mol. The normalized spacial score (nSPS) is 22.4. The Hall–Kier alpha value is -2.93. The number of benzene rings is 1. The first kappa shape index (κ1) is 21.9. The lowest BCUT2D eigenvalue weighted by Crippen LogP contribution is -2.40. The Morgan fingerprint density at radius 1 is 1.18 bits per heavy atom. The Morgan fingerprint density at radius 2 is 2.06 bits per heavy atom. The molecule has 2 aliphatic heterocycles. The van der Waals surface area contributed by atoms with Crippen molar-refractivity contribution in [3.05, 3.63) is 53.6 Å². The van der Waals surface area contributed by atoms with Crippen molar-refractivity contribution < 1.29 is 9.47 Å². The standard InChI is InChI=1S/C26H33N5O2/c1-18-16-30(17-27-18)21-11-9-19(15-23(21)32-4)10-12-24-28-25-20(7-6-14-31(25)29-24)22-8-5-13-26(2,3)33-22/h9-12,15-17,20,22H,5-8,13-14H2,1-4H3/b12-10+/t20-,22+/m1/s1. The van der Waals surface area contributed by atoms with Gasteiger partial charge in [-0.05, 0) is 76.6 Å². The van der Waals surface area contributed by atoms with Gasteiger partial charge in [0.05, 0.1) is 36.5 Å². The van der Waals surface area contributed by atoms with Gasteiger partial charge in [0.15, 0.2) is 5.82 Å². The van der Waals surface area contributed by atoms with E-state index < -0.39 is 0 Å². The summed E-state index contributed by atoms with van der Waals surface area (Å²) in [7, 11) is 1.69. The van der Waals surface area contributed by atoms with Crippen molar-refractivity contribution in [1.29, 1.82) is 0 Å². The van der Waals surface area contributed by atoms with Crippen molar-refractivity contribution in [2.75, 3.05) is 7.11 Å². The zero-order valence-corrected chi connectivity index (χ0v) is 20.0. The minimum absolute atomic E-state index is 0.0470. The number of ether oxygens (including phenoxy) is 2. The maximum Gasteiger partial charge on any atom is 0.174 e. The highest BCUT2D eigenvalue weighted by Crippen LogP contribution is 2.39. The summed E-state index contributed by atoms with van der Waals surface area (Å²) in [6.07, 6.45) is 13.7. The molecule has 0 bridgehead atoms. The fourth-order valence-electron chi connectivity index (χ4n) is 5.10. The van der Waals surface area contributed by atoms with Crippen LogP contribution < -0.4 is 4.74 Å². The molecule has 33 heavy (non-hydrogen) atoms. The molecule has 0 unspecified atom stereocenters. The Morgan fingerprint density at radius 3 is 2.82 bits per heavy atom. The summed E-state index contributed by atoms with van der Waals surface area (Å²) in [6.45, 7) is 7.31. The molecule has 0 N–H and O–H groups in total. The highest BCUT2D eigenvalue weighted by molar-refractivity contribution is 5.69. The summed E-state index contributed by atoms with van der Waals surface area (Å²) < 4.78 is 16.2. The molecule has 4 heterocycles. The Labute approximate surface area is 195 Å². The van der Waals surface area contributed by atoms with E-state index >= 15 is 0 Å². The van der Waals surface area contributed by atoms with E-state index in [-0.39, 0.29) is 11.7 Å². The van der Waals surface area contributed by atoms with Crippen LogP contribution in [0.4, 0.5) is 0 Å². The molecular weight excluding hydrogens is 414 g/mol. The lowest BCUT2D eigenvalue weighted by Gasteiger charge is -2.40. The molecule has 2 aromatic heterocycles. The van der Waals surface area contributed by atoms with Gasteiger partial charge in [-0.3, -0.25) is 0 Å². The van der Waals surface area contributed by atoms with Crippen LogP contribution in [-0.4, -0.2) is 43.1 Å². The summed E-state index contributed by atoms with van der Waals surface area (Å²) in [6, 6.07) is 6.14. The summed E-state index contributed by atoms with van der Waals surface area (Å²) in [5, 5.41) is 4.78. The topological polar surface area (TPSA) is 67.0 Å². The van der Waals surface area contributed by atoms with E-state index in [1.54, 1.807) is 13.4 Å². The van der Waals surface area contributed by atoms with Crippen molar-refractivity contribution in [2.45, 2.75) is 77.0 Å². The van der Waals surface area contributed by atoms with Crippen LogP contribution in [0.5, 0.6) is 5.75 Å². The minimum Gasteiger partial charge on any atom is -0.495 e. The second-order valence-electron chi connectivity index (χ2n) is 9.80. The number of aromatic nitrogens is 5. The van der Waals surface area contributed by atoms with Crippen LogP contribution in [0.15, 0.2) is 30.7 Å². The molecule has 174 valence electrons. The van der Waals surface area contributed by atoms with Crippen LogP contribution in [0, 0.1) is 6.92 Å². The molecule has 0 spiro atoms. The molecule has 0 saturated carbocycles. The number of rotatable bonds is 5. The first-order chi connectivity index (χ1) is 15.9. The summed E-state index contributed by atoms with van der Waals surface area (Å²) >= 11 is 0. The number of hydrogen-bond acceptors (Lipinski definition) is 5. The fourth-order valence-corrected chi connectivity index (χ4v) is 5.10. The molecule has 5 rings (SSSR count). The third kappa shape index (κ3) is 4.60. The van der Waals surface area contributed by atoms with Crippen molar-refractivity contribution >= 4 is 12.2 Å². The number of methoxy groups -OCH3 is 1. The average molecular weight is 448 g/mol. The van der Waals surface area contributed by atoms with Gasteiger partial charge in [-0.1, -0.05) is 12.1 Å². The second kappa shape index (κ2) is 8.78. The smallest absolute Gasteiger partial charge is 0.174 e. The molecule has 0 aliphatic carbocycles. The van der Waals surface area contributed by atoms with Crippen molar-refractivity contribution in [3.8, 4) is 11.4 Å². The van der Waals surface area contributed by atoms with Crippen LogP contribution in [0.3, 0.4) is 0 Å². The predicted octanol–water partition coefficient (Wildman–Crippen LogP) is 5.18. The molecule has 0 radical (unpaired) electrons.